The van der Waals surface area contributed by atoms with E-state index < -0.39 is 17.1 Å². The molecule has 6 nitrogen and oxygen atoms in total. The first-order valence-corrected chi connectivity index (χ1v) is 6.56. The molecule has 20 heavy (non-hydrogen) atoms. The first kappa shape index (κ1) is 14.1. The first-order valence-electron chi connectivity index (χ1n) is 5.74. The summed E-state index contributed by atoms with van der Waals surface area (Å²) in [4.78, 5) is 35.2. The van der Waals surface area contributed by atoms with Crippen molar-refractivity contribution in [3.05, 3.63) is 34.7 Å². The fraction of sp³-hybridized carbons (Fsp3) is 0.154. The van der Waals surface area contributed by atoms with E-state index in [0.29, 0.717) is 5.56 Å². The number of rotatable bonds is 4. The van der Waals surface area contributed by atoms with Crippen molar-refractivity contribution in [2.45, 2.75) is 6.42 Å². The summed E-state index contributed by atoms with van der Waals surface area (Å²) in [5.74, 6) is -1.61. The minimum Gasteiger partial charge on any atom is -0.507 e. The molecule has 2 amide bonds. The lowest BCUT2D eigenvalue weighted by molar-refractivity contribution is -0.137. The number of hydrogen-bond acceptors (Lipinski definition) is 5. The molecule has 1 fully saturated rings. The van der Waals surface area contributed by atoms with E-state index in [1.165, 1.54) is 12.1 Å². The van der Waals surface area contributed by atoms with E-state index in [1.807, 2.05) is 0 Å². The Morgan fingerprint density at radius 1 is 1.30 bits per heavy atom. The van der Waals surface area contributed by atoms with Crippen molar-refractivity contribution in [3.8, 4) is 5.75 Å². The van der Waals surface area contributed by atoms with Gasteiger partial charge in [0.1, 0.15) is 5.75 Å². The van der Waals surface area contributed by atoms with Crippen molar-refractivity contribution in [1.82, 2.24) is 4.90 Å². The molecule has 0 bridgehead atoms. The summed E-state index contributed by atoms with van der Waals surface area (Å²) < 4.78 is 0. The zero-order chi connectivity index (χ0) is 14.7. The second kappa shape index (κ2) is 5.79. The van der Waals surface area contributed by atoms with Crippen LogP contribution in [0.4, 0.5) is 4.79 Å². The second-order valence-electron chi connectivity index (χ2n) is 4.04. The van der Waals surface area contributed by atoms with Gasteiger partial charge in [0.2, 0.25) is 0 Å². The molecule has 0 aliphatic carbocycles. The lowest BCUT2D eigenvalue weighted by Gasteiger charge is -2.09. The second-order valence-corrected chi connectivity index (χ2v) is 5.03. The van der Waals surface area contributed by atoms with Crippen LogP contribution in [0, 0.1) is 0 Å². The predicted octanol–water partition coefficient (Wildman–Crippen LogP) is 1.90. The number of imide groups is 1. The Hall–Kier alpha value is -2.28. The third kappa shape index (κ3) is 3.00. The molecule has 2 N–H and O–H groups in total. The molecule has 1 heterocycles. The van der Waals surface area contributed by atoms with Crippen LogP contribution >= 0.6 is 11.8 Å². The number of hydrogen-bond donors (Lipinski definition) is 2. The van der Waals surface area contributed by atoms with Gasteiger partial charge in [-0.2, -0.15) is 0 Å². The number of phenolic OH excluding ortho intramolecular Hbond substituents is 1. The van der Waals surface area contributed by atoms with Gasteiger partial charge in [0.25, 0.3) is 11.1 Å². The van der Waals surface area contributed by atoms with Crippen LogP contribution in [-0.2, 0) is 9.59 Å². The van der Waals surface area contributed by atoms with Gasteiger partial charge in [-0.15, -0.1) is 0 Å². The number of benzene rings is 1. The Bertz CT molecular complexity index is 611. The van der Waals surface area contributed by atoms with E-state index in [-0.39, 0.29) is 23.6 Å². The maximum atomic E-state index is 12.0. The number of carboxylic acids is 1. The molecule has 1 aliphatic heterocycles. The molecule has 1 saturated heterocycles. The van der Waals surface area contributed by atoms with E-state index in [1.54, 1.807) is 18.2 Å². The fourth-order valence-corrected chi connectivity index (χ4v) is 2.51. The Labute approximate surface area is 118 Å². The summed E-state index contributed by atoms with van der Waals surface area (Å²) in [6, 6.07) is 6.42. The van der Waals surface area contributed by atoms with Gasteiger partial charge < -0.3 is 10.2 Å². The van der Waals surface area contributed by atoms with Gasteiger partial charge in [0, 0.05) is 12.1 Å². The fourth-order valence-electron chi connectivity index (χ4n) is 1.65. The zero-order valence-corrected chi connectivity index (χ0v) is 11.1. The Kier molecular flexibility index (Phi) is 4.09. The monoisotopic (exact) mass is 293 g/mol. The minimum absolute atomic E-state index is 0.00448. The number of carbonyl (C=O) groups is 3. The van der Waals surface area contributed by atoms with Crippen LogP contribution in [0.25, 0.3) is 6.08 Å². The van der Waals surface area contributed by atoms with Crippen molar-refractivity contribution >= 4 is 35.0 Å². The Balaban J connectivity index is 2.19. The van der Waals surface area contributed by atoms with E-state index in [9.17, 15) is 19.5 Å². The molecule has 104 valence electrons. The Morgan fingerprint density at radius 3 is 2.65 bits per heavy atom. The van der Waals surface area contributed by atoms with Gasteiger partial charge >= 0.3 is 5.97 Å². The smallest absolute Gasteiger partial charge is 0.305 e. The predicted molar refractivity (Wildman–Crippen MR) is 73.0 cm³/mol. The molecule has 0 saturated carbocycles. The number of aliphatic carboxylic acids is 1. The Morgan fingerprint density at radius 2 is 2.00 bits per heavy atom. The van der Waals surface area contributed by atoms with Crippen molar-refractivity contribution < 1.29 is 24.6 Å². The standard InChI is InChI=1S/C13H11NO5S/c15-9-4-2-1-3-8(9)7-10-12(18)14(13(19)20-10)6-5-11(16)17/h1-4,7,15H,5-6H2,(H,16,17). The molecule has 1 aromatic rings. The molecular formula is C13H11NO5S. The number of aromatic hydroxyl groups is 1. The lowest BCUT2D eigenvalue weighted by Crippen LogP contribution is -2.30. The van der Waals surface area contributed by atoms with Crippen molar-refractivity contribution in [3.63, 3.8) is 0 Å². The van der Waals surface area contributed by atoms with Gasteiger partial charge in [0.05, 0.1) is 11.3 Å². The third-order valence-corrected chi connectivity index (χ3v) is 3.55. The summed E-state index contributed by atoms with van der Waals surface area (Å²) in [6.45, 7) is -0.155. The zero-order valence-electron chi connectivity index (χ0n) is 10.3. The van der Waals surface area contributed by atoms with Crippen LogP contribution in [0.2, 0.25) is 0 Å². The molecule has 7 heteroatoms. The SMILES string of the molecule is O=C(O)CCN1C(=O)SC(=Cc2ccccc2O)C1=O. The number of para-hydroxylation sites is 1. The molecule has 1 aliphatic rings. The maximum absolute atomic E-state index is 12.0. The van der Waals surface area contributed by atoms with E-state index in [0.717, 1.165) is 16.7 Å². The third-order valence-electron chi connectivity index (χ3n) is 2.65. The van der Waals surface area contributed by atoms with Crippen LogP contribution in [0.5, 0.6) is 5.75 Å². The van der Waals surface area contributed by atoms with Crippen LogP contribution in [0.3, 0.4) is 0 Å². The topological polar surface area (TPSA) is 94.9 Å². The van der Waals surface area contributed by atoms with Gasteiger partial charge in [-0.05, 0) is 23.9 Å². The summed E-state index contributed by atoms with van der Waals surface area (Å²) in [5, 5.41) is 17.7. The molecule has 0 spiro atoms. The number of nitrogens with zero attached hydrogens (tertiary/aromatic N) is 1. The molecular weight excluding hydrogens is 282 g/mol. The van der Waals surface area contributed by atoms with Crippen LogP contribution < -0.4 is 0 Å². The van der Waals surface area contributed by atoms with E-state index >= 15 is 0 Å². The highest BCUT2D eigenvalue weighted by Crippen LogP contribution is 2.33. The van der Waals surface area contributed by atoms with Gasteiger partial charge in [-0.1, -0.05) is 18.2 Å². The van der Waals surface area contributed by atoms with Crippen LogP contribution in [0.15, 0.2) is 29.2 Å². The van der Waals surface area contributed by atoms with Crippen molar-refractivity contribution in [1.29, 1.82) is 0 Å². The maximum Gasteiger partial charge on any atom is 0.305 e. The number of thioether (sulfide) groups is 1. The lowest BCUT2D eigenvalue weighted by atomic mass is 10.2. The number of carboxylic acid groups (broad SMARTS) is 1. The molecule has 0 atom stereocenters. The normalized spacial score (nSPS) is 17.0. The van der Waals surface area contributed by atoms with E-state index in [2.05, 4.69) is 0 Å². The average Bonchev–Trinajstić information content (AvgIpc) is 2.65. The van der Waals surface area contributed by atoms with Crippen molar-refractivity contribution in [2.75, 3.05) is 6.54 Å². The highest BCUT2D eigenvalue weighted by molar-refractivity contribution is 8.18. The molecule has 1 aromatic carbocycles. The molecule has 2 rings (SSSR count). The highest BCUT2D eigenvalue weighted by atomic mass is 32.2. The summed E-state index contributed by atoms with van der Waals surface area (Å²) in [6.07, 6.45) is 1.13. The van der Waals surface area contributed by atoms with Gasteiger partial charge in [-0.25, -0.2) is 0 Å². The van der Waals surface area contributed by atoms with Crippen LogP contribution in [0.1, 0.15) is 12.0 Å². The molecule has 0 radical (unpaired) electrons. The highest BCUT2D eigenvalue weighted by Gasteiger charge is 2.35. The minimum atomic E-state index is -1.08. The number of amides is 2. The van der Waals surface area contributed by atoms with E-state index in [4.69, 9.17) is 5.11 Å². The number of carbonyl (C=O) groups excluding carboxylic acids is 2. The number of phenols is 1. The van der Waals surface area contributed by atoms with Gasteiger partial charge in [0.15, 0.2) is 0 Å². The quantitative estimate of drug-likeness (QED) is 0.823. The van der Waals surface area contributed by atoms with Crippen LogP contribution in [-0.4, -0.2) is 38.8 Å². The average molecular weight is 293 g/mol. The van der Waals surface area contributed by atoms with Gasteiger partial charge in [-0.3, -0.25) is 19.3 Å². The summed E-state index contributed by atoms with van der Waals surface area (Å²) >= 11 is 0.731. The molecule has 0 aromatic heterocycles. The largest absolute Gasteiger partial charge is 0.507 e. The molecule has 0 unspecified atom stereocenters. The van der Waals surface area contributed by atoms with Crippen molar-refractivity contribution in [2.24, 2.45) is 0 Å². The summed E-state index contributed by atoms with van der Waals surface area (Å²) in [5.41, 5.74) is 0.427. The summed E-state index contributed by atoms with van der Waals surface area (Å²) in [7, 11) is 0. The first-order chi connectivity index (χ1) is 9.49.